The average Bonchev–Trinajstić information content (AvgIpc) is 2.58. The van der Waals surface area contributed by atoms with Crippen LogP contribution in [0.5, 0.6) is 0 Å². The second-order valence-electron chi connectivity index (χ2n) is 5.45. The lowest BCUT2D eigenvalue weighted by atomic mass is 9.99. The van der Waals surface area contributed by atoms with Crippen LogP contribution in [0.4, 0.5) is 4.39 Å². The molecule has 1 atom stereocenters. The van der Waals surface area contributed by atoms with Crippen LogP contribution >= 0.6 is 24.8 Å². The molecule has 0 aromatic heterocycles. The van der Waals surface area contributed by atoms with Crippen molar-refractivity contribution in [3.8, 4) is 11.1 Å². The zero-order valence-corrected chi connectivity index (χ0v) is 14.6. The predicted molar refractivity (Wildman–Crippen MR) is 99.5 cm³/mol. The molecule has 23 heavy (non-hydrogen) atoms. The molecule has 0 radical (unpaired) electrons. The van der Waals surface area contributed by atoms with E-state index >= 15 is 0 Å². The average molecular weight is 357 g/mol. The number of benzene rings is 2. The van der Waals surface area contributed by atoms with Gasteiger partial charge in [-0.3, -0.25) is 4.90 Å². The molecule has 0 aliphatic carbocycles. The summed E-state index contributed by atoms with van der Waals surface area (Å²) in [6.45, 7) is 3.36. The van der Waals surface area contributed by atoms with E-state index in [0.29, 0.717) is 0 Å². The quantitative estimate of drug-likeness (QED) is 0.886. The molecule has 0 saturated carbocycles. The van der Waals surface area contributed by atoms with Crippen molar-refractivity contribution in [1.29, 1.82) is 0 Å². The largest absolute Gasteiger partial charge is 0.314 e. The first kappa shape index (κ1) is 19.9. The summed E-state index contributed by atoms with van der Waals surface area (Å²) in [7, 11) is 0. The van der Waals surface area contributed by atoms with Gasteiger partial charge in [0.2, 0.25) is 0 Å². The van der Waals surface area contributed by atoms with Gasteiger partial charge in [0.05, 0.1) is 6.04 Å². The molecular weight excluding hydrogens is 334 g/mol. The topological polar surface area (TPSA) is 15.3 Å². The van der Waals surface area contributed by atoms with Gasteiger partial charge >= 0.3 is 0 Å². The number of piperazine rings is 1. The summed E-state index contributed by atoms with van der Waals surface area (Å²) < 4.78 is 13.6. The molecule has 5 heteroatoms. The fourth-order valence-electron chi connectivity index (χ4n) is 2.95. The monoisotopic (exact) mass is 356 g/mol. The first-order valence-corrected chi connectivity index (χ1v) is 7.54. The highest BCUT2D eigenvalue weighted by atomic mass is 35.5. The molecular formula is C18H23Cl2FN2. The molecule has 0 spiro atoms. The van der Waals surface area contributed by atoms with Gasteiger partial charge in [-0.1, -0.05) is 48.5 Å². The van der Waals surface area contributed by atoms with E-state index in [0.717, 1.165) is 37.3 Å². The molecule has 0 unspecified atom stereocenters. The number of halogens is 3. The third-order valence-corrected chi connectivity index (χ3v) is 4.12. The third kappa shape index (κ3) is 4.92. The van der Waals surface area contributed by atoms with Crippen molar-refractivity contribution >= 4 is 24.8 Å². The lowest BCUT2D eigenvalue weighted by molar-refractivity contribution is 0.147. The van der Waals surface area contributed by atoms with E-state index < -0.39 is 0 Å². The molecule has 0 amide bonds. The van der Waals surface area contributed by atoms with Crippen LogP contribution in [0.2, 0.25) is 0 Å². The van der Waals surface area contributed by atoms with Crippen molar-refractivity contribution in [2.45, 2.75) is 6.04 Å². The van der Waals surface area contributed by atoms with Gasteiger partial charge in [-0.15, -0.1) is 24.8 Å². The van der Waals surface area contributed by atoms with E-state index in [1.54, 1.807) is 0 Å². The summed E-state index contributed by atoms with van der Waals surface area (Å²) in [6, 6.07) is 18.4. The molecule has 1 heterocycles. The van der Waals surface area contributed by atoms with Gasteiger partial charge in [0.1, 0.15) is 6.67 Å². The summed E-state index contributed by atoms with van der Waals surface area (Å²) in [4.78, 5) is 2.24. The van der Waals surface area contributed by atoms with Crippen LogP contribution in [0, 0.1) is 0 Å². The Morgan fingerprint density at radius 1 is 0.913 bits per heavy atom. The molecule has 126 valence electrons. The predicted octanol–water partition coefficient (Wildman–Crippen LogP) is 4.11. The molecule has 1 fully saturated rings. The molecule has 0 bridgehead atoms. The van der Waals surface area contributed by atoms with Crippen molar-refractivity contribution in [2.75, 3.05) is 32.9 Å². The van der Waals surface area contributed by atoms with E-state index in [9.17, 15) is 4.39 Å². The minimum absolute atomic E-state index is 0. The van der Waals surface area contributed by atoms with Gasteiger partial charge in [0.25, 0.3) is 0 Å². The van der Waals surface area contributed by atoms with E-state index in [4.69, 9.17) is 0 Å². The number of nitrogens with zero attached hydrogens (tertiary/aromatic N) is 1. The Hall–Kier alpha value is -1.13. The Balaban J connectivity index is 0.00000132. The highest BCUT2D eigenvalue weighted by molar-refractivity contribution is 5.85. The van der Waals surface area contributed by atoms with Crippen LogP contribution in [0.25, 0.3) is 11.1 Å². The van der Waals surface area contributed by atoms with Gasteiger partial charge < -0.3 is 5.32 Å². The zero-order valence-electron chi connectivity index (χ0n) is 13.0. The standard InChI is InChI=1S/C18H21FN2.2ClH/c19-14-18(21-11-9-20-10-12-21)17-8-4-7-16(13-17)15-5-2-1-3-6-15;;/h1-8,13,18,20H,9-12,14H2;2*1H/t18-;;/m1../s1. The smallest absolute Gasteiger partial charge is 0.109 e. The molecule has 3 rings (SSSR count). The molecule has 2 nitrogen and oxygen atoms in total. The number of hydrogen-bond donors (Lipinski definition) is 1. The van der Waals surface area contributed by atoms with Gasteiger partial charge in [-0.25, -0.2) is 4.39 Å². The Bertz CT molecular complexity index is 574. The number of nitrogens with one attached hydrogen (secondary N) is 1. The van der Waals surface area contributed by atoms with E-state index in [1.165, 1.54) is 5.56 Å². The second kappa shape index (κ2) is 9.89. The summed E-state index contributed by atoms with van der Waals surface area (Å²) in [5, 5.41) is 3.32. The maximum Gasteiger partial charge on any atom is 0.109 e. The molecule has 1 aliphatic rings. The fourth-order valence-corrected chi connectivity index (χ4v) is 2.95. The fraction of sp³-hybridized carbons (Fsp3) is 0.333. The second-order valence-corrected chi connectivity index (χ2v) is 5.45. The minimum atomic E-state index is -0.335. The van der Waals surface area contributed by atoms with Gasteiger partial charge in [-0.05, 0) is 22.8 Å². The first-order chi connectivity index (χ1) is 10.4. The van der Waals surface area contributed by atoms with Gasteiger partial charge in [0, 0.05) is 26.2 Å². The normalized spacial score (nSPS) is 16.0. The highest BCUT2D eigenvalue weighted by Crippen LogP contribution is 2.27. The lowest BCUT2D eigenvalue weighted by Crippen LogP contribution is -2.45. The number of hydrogen-bond acceptors (Lipinski definition) is 2. The maximum absolute atomic E-state index is 13.6. The third-order valence-electron chi connectivity index (χ3n) is 4.12. The SMILES string of the molecule is Cl.Cl.FC[C@H](c1cccc(-c2ccccc2)c1)N1CCNCC1. The zero-order chi connectivity index (χ0) is 14.5. The van der Waals surface area contributed by atoms with Crippen molar-refractivity contribution in [3.63, 3.8) is 0 Å². The maximum atomic E-state index is 13.6. The Morgan fingerprint density at radius 2 is 1.57 bits per heavy atom. The molecule has 1 saturated heterocycles. The van der Waals surface area contributed by atoms with Gasteiger partial charge in [0.15, 0.2) is 0 Å². The highest BCUT2D eigenvalue weighted by Gasteiger charge is 2.22. The van der Waals surface area contributed by atoms with Crippen LogP contribution in [0.1, 0.15) is 11.6 Å². The Kier molecular flexibility index (Phi) is 8.56. The Labute approximate surface area is 149 Å². The van der Waals surface area contributed by atoms with Crippen LogP contribution < -0.4 is 5.32 Å². The van der Waals surface area contributed by atoms with Crippen molar-refractivity contribution in [1.82, 2.24) is 10.2 Å². The van der Waals surface area contributed by atoms with Crippen molar-refractivity contribution in [2.24, 2.45) is 0 Å². The van der Waals surface area contributed by atoms with Crippen molar-refractivity contribution in [3.05, 3.63) is 60.2 Å². The summed E-state index contributed by atoms with van der Waals surface area (Å²) in [5.41, 5.74) is 3.40. The molecule has 1 N–H and O–H groups in total. The van der Waals surface area contributed by atoms with Crippen molar-refractivity contribution < 1.29 is 4.39 Å². The van der Waals surface area contributed by atoms with E-state index in [2.05, 4.69) is 34.5 Å². The summed E-state index contributed by atoms with van der Waals surface area (Å²) >= 11 is 0. The number of alkyl halides is 1. The van der Waals surface area contributed by atoms with Crippen LogP contribution in [0.15, 0.2) is 54.6 Å². The molecule has 1 aliphatic heterocycles. The van der Waals surface area contributed by atoms with Crippen LogP contribution in [0.3, 0.4) is 0 Å². The van der Waals surface area contributed by atoms with Crippen LogP contribution in [-0.2, 0) is 0 Å². The number of rotatable bonds is 4. The van der Waals surface area contributed by atoms with E-state index in [-0.39, 0.29) is 37.5 Å². The van der Waals surface area contributed by atoms with Crippen LogP contribution in [-0.4, -0.2) is 37.8 Å². The summed E-state index contributed by atoms with van der Waals surface area (Å²) in [5.74, 6) is 0. The van der Waals surface area contributed by atoms with E-state index in [1.807, 2.05) is 30.3 Å². The molecule has 2 aromatic rings. The van der Waals surface area contributed by atoms with Gasteiger partial charge in [-0.2, -0.15) is 0 Å². The lowest BCUT2D eigenvalue weighted by Gasteiger charge is -2.33. The minimum Gasteiger partial charge on any atom is -0.314 e. The Morgan fingerprint density at radius 3 is 2.22 bits per heavy atom. The first-order valence-electron chi connectivity index (χ1n) is 7.54. The summed E-state index contributed by atoms with van der Waals surface area (Å²) in [6.07, 6.45) is 0. The molecule has 2 aromatic carbocycles.